The van der Waals surface area contributed by atoms with Gasteiger partial charge in [0.1, 0.15) is 5.69 Å². The number of nitrogens with zero attached hydrogens (tertiary/aromatic N) is 1. The number of carbonyl (C=O) groups excluding carboxylic acids is 1. The van der Waals surface area contributed by atoms with Gasteiger partial charge in [-0.15, -0.1) is 0 Å². The Kier molecular flexibility index (Phi) is 3.12. The zero-order chi connectivity index (χ0) is 13.9. The fraction of sp³-hybridized carbons (Fsp3) is 0.143. The fourth-order valence-corrected chi connectivity index (χ4v) is 1.88. The van der Waals surface area contributed by atoms with E-state index in [4.69, 9.17) is 9.47 Å². The molecule has 0 saturated carbocycles. The van der Waals surface area contributed by atoms with Gasteiger partial charge >= 0.3 is 0 Å². The Morgan fingerprint density at radius 3 is 2.85 bits per heavy atom. The van der Waals surface area contributed by atoms with Crippen molar-refractivity contribution < 1.29 is 14.3 Å². The molecule has 1 aromatic heterocycles. The molecule has 0 saturated heterocycles. The Bertz CT molecular complexity index is 658. The summed E-state index contributed by atoms with van der Waals surface area (Å²) in [5.41, 5.74) is 1.81. The van der Waals surface area contributed by atoms with Gasteiger partial charge in [0.05, 0.1) is 0 Å². The van der Waals surface area contributed by atoms with Crippen LogP contribution in [0.25, 0.3) is 0 Å². The largest absolute Gasteiger partial charge is 0.454 e. The number of hydrogen-bond donors (Lipinski definition) is 2. The highest BCUT2D eigenvalue weighted by atomic mass is 16.7. The van der Waals surface area contributed by atoms with Crippen LogP contribution in [0.4, 0.5) is 11.4 Å². The Hall–Kier alpha value is -2.76. The van der Waals surface area contributed by atoms with E-state index >= 15 is 0 Å². The topological polar surface area (TPSA) is 72.5 Å². The molecule has 1 aliphatic rings. The van der Waals surface area contributed by atoms with E-state index in [9.17, 15) is 4.79 Å². The molecule has 0 bridgehead atoms. The van der Waals surface area contributed by atoms with Crippen LogP contribution >= 0.6 is 0 Å². The number of benzene rings is 1. The van der Waals surface area contributed by atoms with Crippen molar-refractivity contribution in [2.24, 2.45) is 0 Å². The third-order valence-corrected chi connectivity index (χ3v) is 2.91. The lowest BCUT2D eigenvalue weighted by atomic mass is 10.2. The van der Waals surface area contributed by atoms with Crippen molar-refractivity contribution in [2.45, 2.75) is 0 Å². The van der Waals surface area contributed by atoms with Gasteiger partial charge in [-0.05, 0) is 24.3 Å². The average molecular weight is 271 g/mol. The number of ether oxygens (including phenoxy) is 2. The Balaban J connectivity index is 1.78. The van der Waals surface area contributed by atoms with Crippen molar-refractivity contribution in [1.29, 1.82) is 0 Å². The van der Waals surface area contributed by atoms with E-state index in [1.807, 2.05) is 0 Å². The van der Waals surface area contributed by atoms with Crippen LogP contribution in [0.15, 0.2) is 36.5 Å². The summed E-state index contributed by atoms with van der Waals surface area (Å²) in [7, 11) is 1.79. The molecule has 0 spiro atoms. The first-order chi connectivity index (χ1) is 9.76. The van der Waals surface area contributed by atoms with E-state index in [0.29, 0.717) is 22.9 Å². The van der Waals surface area contributed by atoms with Crippen molar-refractivity contribution in [3.8, 4) is 11.5 Å². The summed E-state index contributed by atoms with van der Waals surface area (Å²) in [6.07, 6.45) is 1.58. The Morgan fingerprint density at radius 2 is 2.00 bits per heavy atom. The maximum atomic E-state index is 12.1. The molecule has 0 aliphatic carbocycles. The lowest BCUT2D eigenvalue weighted by molar-refractivity contribution is 0.102. The molecule has 2 aromatic rings. The maximum absolute atomic E-state index is 12.1. The number of anilines is 2. The molecule has 1 amide bonds. The van der Waals surface area contributed by atoms with Crippen LogP contribution in [0.5, 0.6) is 11.5 Å². The van der Waals surface area contributed by atoms with Gasteiger partial charge in [0, 0.05) is 30.7 Å². The van der Waals surface area contributed by atoms with Gasteiger partial charge in [-0.25, -0.2) is 0 Å². The summed E-state index contributed by atoms with van der Waals surface area (Å²) in [6, 6.07) is 8.71. The monoisotopic (exact) mass is 271 g/mol. The summed E-state index contributed by atoms with van der Waals surface area (Å²) in [4.78, 5) is 16.2. The molecule has 1 aromatic carbocycles. The average Bonchev–Trinajstić information content (AvgIpc) is 2.95. The van der Waals surface area contributed by atoms with Crippen LogP contribution in [0.2, 0.25) is 0 Å². The van der Waals surface area contributed by atoms with E-state index in [1.165, 1.54) is 0 Å². The van der Waals surface area contributed by atoms with Gasteiger partial charge in [0.2, 0.25) is 6.79 Å². The van der Waals surface area contributed by atoms with Crippen molar-refractivity contribution in [2.75, 3.05) is 24.5 Å². The zero-order valence-electron chi connectivity index (χ0n) is 10.8. The highest BCUT2D eigenvalue weighted by molar-refractivity contribution is 6.03. The number of hydrogen-bond acceptors (Lipinski definition) is 5. The molecular formula is C14H13N3O3. The molecule has 0 fully saturated rings. The molecule has 102 valence electrons. The molecule has 0 atom stereocenters. The maximum Gasteiger partial charge on any atom is 0.274 e. The summed E-state index contributed by atoms with van der Waals surface area (Å²) in [6.45, 7) is 0.207. The number of nitrogens with one attached hydrogen (secondary N) is 2. The highest BCUT2D eigenvalue weighted by Gasteiger charge is 2.15. The predicted molar refractivity (Wildman–Crippen MR) is 74.3 cm³/mol. The molecule has 0 unspecified atom stereocenters. The van der Waals surface area contributed by atoms with Gasteiger partial charge in [-0.1, -0.05) is 0 Å². The normalized spacial score (nSPS) is 12.1. The van der Waals surface area contributed by atoms with Crippen molar-refractivity contribution >= 4 is 17.3 Å². The number of fused-ring (bicyclic) bond motifs is 1. The highest BCUT2D eigenvalue weighted by Crippen LogP contribution is 2.34. The Labute approximate surface area is 115 Å². The first-order valence-corrected chi connectivity index (χ1v) is 6.11. The third kappa shape index (κ3) is 2.35. The van der Waals surface area contributed by atoms with Crippen LogP contribution in [0, 0.1) is 0 Å². The van der Waals surface area contributed by atoms with Crippen LogP contribution in [0.3, 0.4) is 0 Å². The van der Waals surface area contributed by atoms with Crippen molar-refractivity contribution in [3.63, 3.8) is 0 Å². The number of amides is 1. The van der Waals surface area contributed by atoms with E-state index in [-0.39, 0.29) is 12.7 Å². The first-order valence-electron chi connectivity index (χ1n) is 6.11. The van der Waals surface area contributed by atoms with E-state index in [2.05, 4.69) is 15.6 Å². The summed E-state index contributed by atoms with van der Waals surface area (Å²) in [5.74, 6) is 1.03. The lowest BCUT2D eigenvalue weighted by Gasteiger charge is -2.07. The molecular weight excluding hydrogens is 258 g/mol. The summed E-state index contributed by atoms with van der Waals surface area (Å²) < 4.78 is 10.5. The van der Waals surface area contributed by atoms with E-state index in [0.717, 1.165) is 5.69 Å². The third-order valence-electron chi connectivity index (χ3n) is 2.91. The standard InChI is InChI=1S/C14H13N3O3/c1-15-9-4-5-16-11(6-9)14(18)17-10-2-3-12-13(7-10)20-8-19-12/h2-7H,8H2,1H3,(H,15,16)(H,17,18). The van der Waals surface area contributed by atoms with Gasteiger partial charge in [-0.2, -0.15) is 0 Å². The second-order valence-corrected chi connectivity index (χ2v) is 4.20. The minimum Gasteiger partial charge on any atom is -0.454 e. The van der Waals surface area contributed by atoms with Gasteiger partial charge in [-0.3, -0.25) is 9.78 Å². The molecule has 6 heteroatoms. The van der Waals surface area contributed by atoms with E-state index in [1.54, 1.807) is 43.6 Å². The lowest BCUT2D eigenvalue weighted by Crippen LogP contribution is -2.13. The molecule has 2 N–H and O–H groups in total. The van der Waals surface area contributed by atoms with Crippen LogP contribution < -0.4 is 20.1 Å². The SMILES string of the molecule is CNc1ccnc(C(=O)Nc2ccc3c(c2)OCO3)c1. The predicted octanol–water partition coefficient (Wildman–Crippen LogP) is 2.10. The number of pyridine rings is 1. The summed E-state index contributed by atoms with van der Waals surface area (Å²) >= 11 is 0. The molecule has 20 heavy (non-hydrogen) atoms. The number of carbonyl (C=O) groups is 1. The van der Waals surface area contributed by atoms with Crippen molar-refractivity contribution in [3.05, 3.63) is 42.2 Å². The summed E-state index contributed by atoms with van der Waals surface area (Å²) in [5, 5.41) is 5.74. The molecule has 6 nitrogen and oxygen atoms in total. The number of aromatic nitrogens is 1. The van der Waals surface area contributed by atoms with E-state index < -0.39 is 0 Å². The van der Waals surface area contributed by atoms with Gasteiger partial charge in [0.15, 0.2) is 11.5 Å². The minimum absolute atomic E-state index is 0.207. The second-order valence-electron chi connectivity index (χ2n) is 4.20. The molecule has 3 rings (SSSR count). The van der Waals surface area contributed by atoms with Crippen LogP contribution in [-0.2, 0) is 0 Å². The van der Waals surface area contributed by atoms with Crippen LogP contribution in [-0.4, -0.2) is 24.7 Å². The molecule has 1 aliphatic heterocycles. The smallest absolute Gasteiger partial charge is 0.274 e. The quantitative estimate of drug-likeness (QED) is 0.894. The van der Waals surface area contributed by atoms with Crippen LogP contribution in [0.1, 0.15) is 10.5 Å². The van der Waals surface area contributed by atoms with Gasteiger partial charge in [0.25, 0.3) is 5.91 Å². The minimum atomic E-state index is -0.277. The molecule has 2 heterocycles. The van der Waals surface area contributed by atoms with Gasteiger partial charge < -0.3 is 20.1 Å². The fourth-order valence-electron chi connectivity index (χ4n) is 1.88. The van der Waals surface area contributed by atoms with Crippen molar-refractivity contribution in [1.82, 2.24) is 4.98 Å². The zero-order valence-corrected chi connectivity index (χ0v) is 10.8. The number of rotatable bonds is 3. The first kappa shape index (κ1) is 12.3. The second kappa shape index (κ2) is 5.08. The molecule has 0 radical (unpaired) electrons. The Morgan fingerprint density at radius 1 is 1.15 bits per heavy atom.